The van der Waals surface area contributed by atoms with Gasteiger partial charge in [0.2, 0.25) is 18.2 Å². The molecule has 2 heterocycles. The van der Waals surface area contributed by atoms with E-state index in [0.717, 1.165) is 48.8 Å². The van der Waals surface area contributed by atoms with Crippen molar-refractivity contribution in [3.05, 3.63) is 58.6 Å². The van der Waals surface area contributed by atoms with Crippen LogP contribution in [0.25, 0.3) is 0 Å². The number of rotatable bonds is 3. The largest absolute Gasteiger partial charge is 0.368 e. The molecule has 146 valence electrons. The highest BCUT2D eigenvalue weighted by Crippen LogP contribution is 2.27. The first-order chi connectivity index (χ1) is 13.5. The summed E-state index contributed by atoms with van der Waals surface area (Å²) < 4.78 is 0. The number of hydrogen-bond donors (Lipinski definition) is 2. The van der Waals surface area contributed by atoms with Gasteiger partial charge in [-0.15, -0.1) is 0 Å². The zero-order valence-electron chi connectivity index (χ0n) is 16.2. The molecule has 1 fully saturated rings. The van der Waals surface area contributed by atoms with Gasteiger partial charge in [0.05, 0.1) is 0 Å². The first-order valence-electron chi connectivity index (χ1n) is 9.57. The number of hydrogen-bond acceptors (Lipinski definition) is 6. The van der Waals surface area contributed by atoms with Gasteiger partial charge in [0.25, 0.3) is 0 Å². The molecule has 0 amide bonds. The Labute approximate surface area is 170 Å². The number of nitrogens with zero attached hydrogens (tertiary/aromatic N) is 4. The Balaban J connectivity index is 1.73. The number of anilines is 2. The maximum atomic E-state index is 6.32. The molecule has 0 aliphatic carbocycles. The van der Waals surface area contributed by atoms with Crippen LogP contribution in [-0.4, -0.2) is 36.2 Å². The minimum atomic E-state index is -0.409. The third-order valence-electron chi connectivity index (χ3n) is 5.07. The van der Waals surface area contributed by atoms with Gasteiger partial charge in [-0.1, -0.05) is 29.8 Å². The number of guanidine groups is 2. The summed E-state index contributed by atoms with van der Waals surface area (Å²) in [5, 5.41) is 4.18. The van der Waals surface area contributed by atoms with E-state index < -0.39 is 6.29 Å². The highest BCUT2D eigenvalue weighted by molar-refractivity contribution is 6.31. The topological polar surface area (TPSA) is 69.2 Å². The average Bonchev–Trinajstić information content (AvgIpc) is 3.19. The monoisotopic (exact) mass is 396 g/mol. The van der Waals surface area contributed by atoms with Crippen LogP contribution < -0.4 is 16.0 Å². The maximum Gasteiger partial charge on any atom is 0.222 e. The predicted octanol–water partition coefficient (Wildman–Crippen LogP) is 3.94. The number of halogens is 1. The second kappa shape index (κ2) is 7.72. The van der Waals surface area contributed by atoms with Crippen LogP contribution in [0.2, 0.25) is 5.02 Å². The molecule has 3 N–H and O–H groups in total. The maximum absolute atomic E-state index is 6.32. The Morgan fingerprint density at radius 2 is 1.89 bits per heavy atom. The lowest BCUT2D eigenvalue weighted by atomic mass is 10.2. The molecule has 1 atom stereocenters. The van der Waals surface area contributed by atoms with Crippen LogP contribution in [0, 0.1) is 13.8 Å². The zero-order valence-corrected chi connectivity index (χ0v) is 16.9. The van der Waals surface area contributed by atoms with Gasteiger partial charge in [0.1, 0.15) is 0 Å². The molecular formula is C21H25ClN6. The summed E-state index contributed by atoms with van der Waals surface area (Å²) in [5.74, 6) is 1.12. The Morgan fingerprint density at radius 3 is 2.61 bits per heavy atom. The molecule has 7 heteroatoms. The SMILES string of the molecule is Cc1cccc(N2C(N3CCCC3)=NC(N)=NC2Nc2ccc(C)c(Cl)c2)c1. The summed E-state index contributed by atoms with van der Waals surface area (Å²) in [6.07, 6.45) is 1.90. The van der Waals surface area contributed by atoms with E-state index in [1.165, 1.54) is 5.56 Å². The van der Waals surface area contributed by atoms with E-state index in [1.807, 2.05) is 31.2 Å². The van der Waals surface area contributed by atoms with Crippen molar-refractivity contribution in [2.75, 3.05) is 23.3 Å². The molecule has 4 rings (SSSR count). The van der Waals surface area contributed by atoms with Gasteiger partial charge >= 0.3 is 0 Å². The van der Waals surface area contributed by atoms with E-state index in [-0.39, 0.29) is 5.96 Å². The minimum absolute atomic E-state index is 0.279. The predicted molar refractivity (Wildman–Crippen MR) is 117 cm³/mol. The van der Waals surface area contributed by atoms with Crippen LogP contribution in [-0.2, 0) is 0 Å². The van der Waals surface area contributed by atoms with Gasteiger partial charge in [0.15, 0.2) is 0 Å². The molecule has 0 saturated carbocycles. The molecule has 2 aliphatic heterocycles. The summed E-state index contributed by atoms with van der Waals surface area (Å²) in [4.78, 5) is 13.6. The lowest BCUT2D eigenvalue weighted by Crippen LogP contribution is -2.54. The average molecular weight is 397 g/mol. The molecule has 0 aromatic heterocycles. The van der Waals surface area contributed by atoms with E-state index in [2.05, 4.69) is 50.2 Å². The van der Waals surface area contributed by atoms with Crippen molar-refractivity contribution >= 4 is 34.9 Å². The Morgan fingerprint density at radius 1 is 1.11 bits per heavy atom. The van der Waals surface area contributed by atoms with Crippen molar-refractivity contribution in [3.63, 3.8) is 0 Å². The fraction of sp³-hybridized carbons (Fsp3) is 0.333. The number of likely N-dealkylation sites (tertiary alicyclic amines) is 1. The molecule has 0 bridgehead atoms. The molecule has 28 heavy (non-hydrogen) atoms. The van der Waals surface area contributed by atoms with Crippen LogP contribution in [0.15, 0.2) is 52.4 Å². The van der Waals surface area contributed by atoms with Gasteiger partial charge in [-0.2, -0.15) is 4.99 Å². The van der Waals surface area contributed by atoms with Crippen LogP contribution in [0.4, 0.5) is 11.4 Å². The number of aryl methyl sites for hydroxylation is 2. The number of benzene rings is 2. The van der Waals surface area contributed by atoms with Crippen LogP contribution in [0.1, 0.15) is 24.0 Å². The molecule has 2 aliphatic rings. The second-order valence-electron chi connectivity index (χ2n) is 7.28. The van der Waals surface area contributed by atoms with Gasteiger partial charge in [-0.25, -0.2) is 4.99 Å². The molecule has 2 aromatic rings. The van der Waals surface area contributed by atoms with Gasteiger partial charge in [-0.05, 0) is 62.1 Å². The molecule has 0 spiro atoms. The van der Waals surface area contributed by atoms with Gasteiger partial charge < -0.3 is 16.0 Å². The molecule has 0 radical (unpaired) electrons. The van der Waals surface area contributed by atoms with Crippen molar-refractivity contribution in [1.29, 1.82) is 0 Å². The lowest BCUT2D eigenvalue weighted by Gasteiger charge is -2.38. The first kappa shape index (κ1) is 18.6. The van der Waals surface area contributed by atoms with Crippen molar-refractivity contribution in [2.24, 2.45) is 15.7 Å². The van der Waals surface area contributed by atoms with Crippen molar-refractivity contribution in [2.45, 2.75) is 33.0 Å². The van der Waals surface area contributed by atoms with E-state index in [9.17, 15) is 0 Å². The zero-order chi connectivity index (χ0) is 19.7. The minimum Gasteiger partial charge on any atom is -0.368 e. The Hall–Kier alpha value is -2.73. The lowest BCUT2D eigenvalue weighted by molar-refractivity contribution is 0.497. The standard InChI is InChI=1S/C21H25ClN6/c1-14-6-5-7-17(12-14)28-20(24-16-9-8-15(2)18(22)13-16)25-19(23)26-21(28)27-10-3-4-11-27/h5-9,12-13,20,24H,3-4,10-11H2,1-2H3,(H2,23,25). The van der Waals surface area contributed by atoms with Crippen LogP contribution in [0.3, 0.4) is 0 Å². The highest BCUT2D eigenvalue weighted by atomic mass is 35.5. The highest BCUT2D eigenvalue weighted by Gasteiger charge is 2.32. The third kappa shape index (κ3) is 3.78. The fourth-order valence-corrected chi connectivity index (χ4v) is 3.76. The molecule has 6 nitrogen and oxygen atoms in total. The quantitative estimate of drug-likeness (QED) is 0.824. The van der Waals surface area contributed by atoms with E-state index in [0.29, 0.717) is 5.02 Å². The third-order valence-corrected chi connectivity index (χ3v) is 5.47. The van der Waals surface area contributed by atoms with Crippen molar-refractivity contribution < 1.29 is 0 Å². The number of nitrogens with two attached hydrogens (primary N) is 1. The normalized spacial score (nSPS) is 19.5. The van der Waals surface area contributed by atoms with Crippen LogP contribution >= 0.6 is 11.6 Å². The molecule has 1 unspecified atom stereocenters. The molecular weight excluding hydrogens is 372 g/mol. The fourth-order valence-electron chi connectivity index (χ4n) is 3.58. The van der Waals surface area contributed by atoms with Crippen molar-refractivity contribution in [3.8, 4) is 0 Å². The Kier molecular flexibility index (Phi) is 5.13. The van der Waals surface area contributed by atoms with Gasteiger partial charge in [-0.3, -0.25) is 4.90 Å². The smallest absolute Gasteiger partial charge is 0.222 e. The summed E-state index contributed by atoms with van der Waals surface area (Å²) in [6.45, 7) is 6.01. The van der Waals surface area contributed by atoms with Crippen LogP contribution in [0.5, 0.6) is 0 Å². The Bertz CT molecular complexity index is 932. The van der Waals surface area contributed by atoms with Crippen molar-refractivity contribution in [1.82, 2.24) is 4.90 Å². The second-order valence-corrected chi connectivity index (χ2v) is 7.69. The molecule has 2 aromatic carbocycles. The summed E-state index contributed by atoms with van der Waals surface area (Å²) in [7, 11) is 0. The number of aliphatic imine (C=N–C) groups is 2. The van der Waals surface area contributed by atoms with E-state index in [4.69, 9.17) is 17.3 Å². The summed E-state index contributed by atoms with van der Waals surface area (Å²) >= 11 is 6.32. The first-order valence-corrected chi connectivity index (χ1v) is 9.94. The van der Waals surface area contributed by atoms with E-state index >= 15 is 0 Å². The summed E-state index contributed by atoms with van der Waals surface area (Å²) in [5.41, 5.74) is 10.2. The van der Waals surface area contributed by atoms with Gasteiger partial charge in [0, 0.05) is 29.5 Å². The van der Waals surface area contributed by atoms with E-state index in [1.54, 1.807) is 0 Å². The summed E-state index contributed by atoms with van der Waals surface area (Å²) in [6, 6.07) is 14.3. The molecule has 1 saturated heterocycles. The number of nitrogens with one attached hydrogen (secondary N) is 1.